The van der Waals surface area contributed by atoms with Crippen LogP contribution >= 0.6 is 24.0 Å². The maximum Gasteiger partial charge on any atom is 0.193 e. The summed E-state index contributed by atoms with van der Waals surface area (Å²) in [5.74, 6) is 3.84. The van der Waals surface area contributed by atoms with E-state index in [2.05, 4.69) is 29.1 Å². The molecule has 2 aliphatic heterocycles. The number of nitrogens with zero attached hydrogens (tertiary/aromatic N) is 3. The summed E-state index contributed by atoms with van der Waals surface area (Å²) >= 11 is 0. The zero-order valence-corrected chi connectivity index (χ0v) is 17.3. The number of hydrogen-bond donors (Lipinski definition) is 1. The lowest BCUT2D eigenvalue weighted by molar-refractivity contribution is 0.223. The number of likely N-dealkylation sites (tertiary alicyclic amines) is 2. The number of guanidine groups is 1. The van der Waals surface area contributed by atoms with Gasteiger partial charge in [-0.25, -0.2) is 0 Å². The van der Waals surface area contributed by atoms with E-state index >= 15 is 0 Å². The summed E-state index contributed by atoms with van der Waals surface area (Å²) in [7, 11) is 2.23. The van der Waals surface area contributed by atoms with Crippen LogP contribution in [0.25, 0.3) is 0 Å². The van der Waals surface area contributed by atoms with Crippen molar-refractivity contribution in [2.75, 3.05) is 46.3 Å². The maximum atomic E-state index is 5.02. The van der Waals surface area contributed by atoms with Gasteiger partial charge in [-0.1, -0.05) is 12.8 Å². The molecule has 4 nitrogen and oxygen atoms in total. The van der Waals surface area contributed by atoms with E-state index in [1.165, 1.54) is 70.7 Å². The number of halogens is 1. The Bertz CT molecular complexity index is 365. The summed E-state index contributed by atoms with van der Waals surface area (Å²) in [6.45, 7) is 9.15. The number of piperidine rings is 1. The van der Waals surface area contributed by atoms with Gasteiger partial charge < -0.3 is 15.1 Å². The Hall–Kier alpha value is -0.0400. The number of nitrogens with one attached hydrogen (secondary N) is 1. The smallest absolute Gasteiger partial charge is 0.193 e. The number of aliphatic imine (C=N–C) groups is 1. The fraction of sp³-hybridized carbons (Fsp3) is 0.944. The van der Waals surface area contributed by atoms with Crippen molar-refractivity contribution in [1.29, 1.82) is 0 Å². The maximum absolute atomic E-state index is 5.02. The molecule has 0 radical (unpaired) electrons. The van der Waals surface area contributed by atoms with Crippen LogP contribution in [0.5, 0.6) is 0 Å². The minimum Gasteiger partial charge on any atom is -0.357 e. The normalized spacial score (nSPS) is 30.0. The Morgan fingerprint density at radius 1 is 1.04 bits per heavy atom. The molecule has 2 unspecified atom stereocenters. The van der Waals surface area contributed by atoms with Gasteiger partial charge in [0.1, 0.15) is 0 Å². The predicted molar refractivity (Wildman–Crippen MR) is 109 cm³/mol. The highest BCUT2D eigenvalue weighted by Crippen LogP contribution is 2.36. The Morgan fingerprint density at radius 2 is 1.65 bits per heavy atom. The average Bonchev–Trinajstić information content (AvgIpc) is 2.97. The molecule has 3 fully saturated rings. The average molecular weight is 434 g/mol. The van der Waals surface area contributed by atoms with E-state index in [0.29, 0.717) is 0 Å². The molecule has 5 heteroatoms. The summed E-state index contributed by atoms with van der Waals surface area (Å²) in [6.07, 6.45) is 8.39. The third kappa shape index (κ3) is 5.21. The fourth-order valence-corrected chi connectivity index (χ4v) is 4.46. The van der Waals surface area contributed by atoms with Crippen LogP contribution in [0.2, 0.25) is 0 Å². The molecule has 1 N–H and O–H groups in total. The van der Waals surface area contributed by atoms with Crippen molar-refractivity contribution in [3.8, 4) is 0 Å². The second kappa shape index (κ2) is 9.44. The third-order valence-corrected chi connectivity index (χ3v) is 5.95. The molecule has 3 rings (SSSR count). The van der Waals surface area contributed by atoms with Crippen molar-refractivity contribution in [2.24, 2.45) is 22.7 Å². The minimum absolute atomic E-state index is 0. The van der Waals surface area contributed by atoms with E-state index in [1.807, 2.05) is 0 Å². The van der Waals surface area contributed by atoms with E-state index in [-0.39, 0.29) is 24.0 Å². The summed E-state index contributed by atoms with van der Waals surface area (Å²) in [5, 5.41) is 3.55. The van der Waals surface area contributed by atoms with Gasteiger partial charge in [0.05, 0.1) is 0 Å². The van der Waals surface area contributed by atoms with Crippen LogP contribution in [0, 0.1) is 17.8 Å². The molecule has 1 aliphatic carbocycles. The highest BCUT2D eigenvalue weighted by atomic mass is 127. The van der Waals surface area contributed by atoms with Gasteiger partial charge in [-0.3, -0.25) is 4.99 Å². The zero-order valence-electron chi connectivity index (χ0n) is 15.0. The molecule has 134 valence electrons. The van der Waals surface area contributed by atoms with Crippen molar-refractivity contribution >= 4 is 29.9 Å². The molecule has 2 saturated heterocycles. The highest BCUT2D eigenvalue weighted by Gasteiger charge is 2.35. The molecule has 0 bridgehead atoms. The number of fused-ring (bicyclic) bond motifs is 1. The fourth-order valence-electron chi connectivity index (χ4n) is 4.46. The largest absolute Gasteiger partial charge is 0.357 e. The monoisotopic (exact) mass is 434 g/mol. The summed E-state index contributed by atoms with van der Waals surface area (Å²) in [4.78, 5) is 10.0. The van der Waals surface area contributed by atoms with Gasteiger partial charge in [-0.2, -0.15) is 0 Å². The lowest BCUT2D eigenvalue weighted by atomic mass is 9.82. The van der Waals surface area contributed by atoms with Gasteiger partial charge in [0.25, 0.3) is 0 Å². The van der Waals surface area contributed by atoms with Crippen molar-refractivity contribution in [3.05, 3.63) is 0 Å². The van der Waals surface area contributed by atoms with Crippen molar-refractivity contribution in [2.45, 2.75) is 45.4 Å². The Kier molecular flexibility index (Phi) is 7.92. The molecular formula is C18H35IN4. The second-order valence-corrected chi connectivity index (χ2v) is 7.65. The van der Waals surface area contributed by atoms with E-state index in [1.54, 1.807) is 0 Å². The molecule has 0 amide bonds. The molecule has 2 heterocycles. The van der Waals surface area contributed by atoms with Gasteiger partial charge in [0.2, 0.25) is 0 Å². The van der Waals surface area contributed by atoms with Gasteiger partial charge in [-0.05, 0) is 70.5 Å². The standard InChI is InChI=1S/C18H34N4.HI/c1-3-19-18(20-12-15-8-10-21(2)11-9-15)22-13-16-6-4-5-7-17(16)14-22;/h15-17H,3-14H2,1-2H3,(H,19,20);1H. The summed E-state index contributed by atoms with van der Waals surface area (Å²) < 4.78 is 0. The quantitative estimate of drug-likeness (QED) is 0.421. The zero-order chi connectivity index (χ0) is 15.4. The molecule has 2 atom stereocenters. The number of hydrogen-bond acceptors (Lipinski definition) is 2. The first kappa shape index (κ1) is 19.3. The van der Waals surface area contributed by atoms with Crippen LogP contribution in [0.1, 0.15) is 45.4 Å². The predicted octanol–water partition coefficient (Wildman–Crippen LogP) is 3.03. The van der Waals surface area contributed by atoms with Crippen molar-refractivity contribution in [3.63, 3.8) is 0 Å². The van der Waals surface area contributed by atoms with Gasteiger partial charge in [0, 0.05) is 26.2 Å². The van der Waals surface area contributed by atoms with E-state index in [4.69, 9.17) is 4.99 Å². The van der Waals surface area contributed by atoms with E-state index in [9.17, 15) is 0 Å². The Morgan fingerprint density at radius 3 is 2.22 bits per heavy atom. The first-order valence-electron chi connectivity index (χ1n) is 9.48. The lowest BCUT2D eigenvalue weighted by Gasteiger charge is -2.28. The van der Waals surface area contributed by atoms with Crippen molar-refractivity contribution < 1.29 is 0 Å². The van der Waals surface area contributed by atoms with Gasteiger partial charge >= 0.3 is 0 Å². The Balaban J connectivity index is 0.00000192. The van der Waals surface area contributed by atoms with Crippen LogP contribution in [-0.4, -0.2) is 62.1 Å². The molecule has 0 aromatic rings. The second-order valence-electron chi connectivity index (χ2n) is 7.65. The molecular weight excluding hydrogens is 399 g/mol. The lowest BCUT2D eigenvalue weighted by Crippen LogP contribution is -2.41. The first-order chi connectivity index (χ1) is 10.8. The first-order valence-corrected chi connectivity index (χ1v) is 9.48. The topological polar surface area (TPSA) is 30.9 Å². The minimum atomic E-state index is 0. The molecule has 0 spiro atoms. The molecule has 1 saturated carbocycles. The van der Waals surface area contributed by atoms with Crippen LogP contribution in [0.15, 0.2) is 4.99 Å². The van der Waals surface area contributed by atoms with Crippen LogP contribution in [-0.2, 0) is 0 Å². The third-order valence-electron chi connectivity index (χ3n) is 5.95. The summed E-state index contributed by atoms with van der Waals surface area (Å²) in [5.41, 5.74) is 0. The van der Waals surface area contributed by atoms with Crippen LogP contribution in [0.3, 0.4) is 0 Å². The Labute approximate surface area is 159 Å². The molecule has 3 aliphatic rings. The molecule has 0 aromatic carbocycles. The van der Waals surface area contributed by atoms with Gasteiger partial charge in [-0.15, -0.1) is 24.0 Å². The SMILES string of the molecule is CCNC(=NCC1CCN(C)CC1)N1CC2CCCCC2C1.I. The molecule has 0 aromatic heterocycles. The van der Waals surface area contributed by atoms with Crippen molar-refractivity contribution in [1.82, 2.24) is 15.1 Å². The molecule has 23 heavy (non-hydrogen) atoms. The van der Waals surface area contributed by atoms with E-state index in [0.717, 1.165) is 30.8 Å². The highest BCUT2D eigenvalue weighted by molar-refractivity contribution is 14.0. The van der Waals surface area contributed by atoms with E-state index < -0.39 is 0 Å². The van der Waals surface area contributed by atoms with Crippen LogP contribution in [0.4, 0.5) is 0 Å². The summed E-state index contributed by atoms with van der Waals surface area (Å²) in [6, 6.07) is 0. The number of rotatable bonds is 3. The van der Waals surface area contributed by atoms with Gasteiger partial charge in [0.15, 0.2) is 5.96 Å². The van der Waals surface area contributed by atoms with Crippen LogP contribution < -0.4 is 5.32 Å².